The lowest BCUT2D eigenvalue weighted by Gasteiger charge is -2.12. The molecule has 0 atom stereocenters. The van der Waals surface area contributed by atoms with E-state index in [9.17, 15) is 9.59 Å². The summed E-state index contributed by atoms with van der Waals surface area (Å²) in [7, 11) is 1.53. The molecule has 0 unspecified atom stereocenters. The van der Waals surface area contributed by atoms with Crippen molar-refractivity contribution in [2.45, 2.75) is 13.3 Å². The van der Waals surface area contributed by atoms with Gasteiger partial charge in [0.25, 0.3) is 5.91 Å². The Labute approximate surface area is 137 Å². The maximum absolute atomic E-state index is 12.3. The fourth-order valence-electron chi connectivity index (χ4n) is 1.89. The van der Waals surface area contributed by atoms with Crippen molar-refractivity contribution in [2.75, 3.05) is 24.3 Å². The fraction of sp³-hybridized carbons (Fsp3) is 0.267. The van der Waals surface area contributed by atoms with Crippen LogP contribution in [-0.4, -0.2) is 30.5 Å². The zero-order valence-electron chi connectivity index (χ0n) is 12.9. The van der Waals surface area contributed by atoms with Crippen molar-refractivity contribution in [2.24, 2.45) is 5.73 Å². The van der Waals surface area contributed by atoms with Crippen molar-refractivity contribution in [3.05, 3.63) is 34.3 Å². The Bertz CT molecular complexity index is 714. The predicted octanol–water partition coefficient (Wildman–Crippen LogP) is 1.86. The second-order valence-corrected chi connectivity index (χ2v) is 5.65. The number of nitrogens with two attached hydrogens (primary N) is 1. The van der Waals surface area contributed by atoms with Gasteiger partial charge in [-0.05, 0) is 18.7 Å². The molecule has 7 nitrogen and oxygen atoms in total. The topological polar surface area (TPSA) is 106 Å². The third kappa shape index (κ3) is 4.51. The first kappa shape index (κ1) is 16.9. The summed E-state index contributed by atoms with van der Waals surface area (Å²) in [6.45, 7) is 1.88. The van der Waals surface area contributed by atoms with Gasteiger partial charge in [-0.25, -0.2) is 4.98 Å². The lowest BCUT2D eigenvalue weighted by molar-refractivity contribution is -0.114. The van der Waals surface area contributed by atoms with Crippen molar-refractivity contribution in [3.63, 3.8) is 0 Å². The summed E-state index contributed by atoms with van der Waals surface area (Å²) in [5.41, 5.74) is 6.73. The molecule has 0 saturated carbocycles. The van der Waals surface area contributed by atoms with Crippen molar-refractivity contribution in [1.29, 1.82) is 0 Å². The largest absolute Gasteiger partial charge is 0.497 e. The average molecular weight is 334 g/mol. The Morgan fingerprint density at radius 3 is 2.74 bits per heavy atom. The summed E-state index contributed by atoms with van der Waals surface area (Å²) in [5, 5.41) is 7.89. The number of nitrogens with one attached hydrogen (secondary N) is 2. The number of ether oxygens (including phenoxy) is 1. The number of aromatic nitrogens is 1. The summed E-state index contributed by atoms with van der Waals surface area (Å²) in [4.78, 5) is 27.8. The molecule has 1 aromatic carbocycles. The number of benzene rings is 1. The number of nitrogens with zero attached hydrogens (tertiary/aromatic N) is 1. The first-order valence-electron chi connectivity index (χ1n) is 6.95. The van der Waals surface area contributed by atoms with Gasteiger partial charge >= 0.3 is 0 Å². The van der Waals surface area contributed by atoms with Gasteiger partial charge in [0.2, 0.25) is 5.91 Å². The van der Waals surface area contributed by atoms with Crippen LogP contribution in [0.15, 0.2) is 23.6 Å². The van der Waals surface area contributed by atoms with Gasteiger partial charge in [0.15, 0.2) is 0 Å². The smallest absolute Gasteiger partial charge is 0.275 e. The summed E-state index contributed by atoms with van der Waals surface area (Å²) in [6.07, 6.45) is 0.633. The number of rotatable bonds is 6. The molecule has 4 N–H and O–H groups in total. The highest BCUT2D eigenvalue weighted by Gasteiger charge is 2.14. The van der Waals surface area contributed by atoms with Gasteiger partial charge in [0, 0.05) is 24.8 Å². The van der Waals surface area contributed by atoms with E-state index in [1.165, 1.54) is 25.4 Å². The third-order valence-corrected chi connectivity index (χ3v) is 3.84. The number of anilines is 2. The third-order valence-electron chi connectivity index (χ3n) is 2.93. The van der Waals surface area contributed by atoms with E-state index in [0.717, 1.165) is 5.01 Å². The zero-order chi connectivity index (χ0) is 16.8. The molecule has 122 valence electrons. The van der Waals surface area contributed by atoms with E-state index in [2.05, 4.69) is 15.6 Å². The van der Waals surface area contributed by atoms with Crippen LogP contribution in [0.5, 0.6) is 5.75 Å². The Kier molecular flexibility index (Phi) is 5.67. The first-order valence-corrected chi connectivity index (χ1v) is 7.83. The quantitative estimate of drug-likeness (QED) is 0.747. The van der Waals surface area contributed by atoms with Gasteiger partial charge < -0.3 is 21.1 Å². The number of hydrogen-bond acceptors (Lipinski definition) is 6. The van der Waals surface area contributed by atoms with Crippen LogP contribution in [-0.2, 0) is 11.2 Å². The van der Waals surface area contributed by atoms with Crippen LogP contribution >= 0.6 is 11.3 Å². The molecule has 8 heteroatoms. The monoisotopic (exact) mass is 334 g/mol. The van der Waals surface area contributed by atoms with Crippen LogP contribution in [0.2, 0.25) is 0 Å². The summed E-state index contributed by atoms with van der Waals surface area (Å²) in [6, 6.07) is 5.00. The number of carbonyl (C=O) groups excluding carboxylic acids is 2. The summed E-state index contributed by atoms with van der Waals surface area (Å²) < 4.78 is 5.15. The van der Waals surface area contributed by atoms with Crippen molar-refractivity contribution in [3.8, 4) is 5.75 Å². The molecule has 1 heterocycles. The van der Waals surface area contributed by atoms with Crippen molar-refractivity contribution in [1.82, 2.24) is 4.98 Å². The van der Waals surface area contributed by atoms with E-state index in [-0.39, 0.29) is 11.8 Å². The van der Waals surface area contributed by atoms with Crippen LogP contribution < -0.4 is 21.1 Å². The number of thiazole rings is 1. The molecule has 2 rings (SSSR count). The average Bonchev–Trinajstić information content (AvgIpc) is 2.97. The second kappa shape index (κ2) is 7.70. The Balaban J connectivity index is 2.22. The van der Waals surface area contributed by atoms with E-state index in [1.807, 2.05) is 0 Å². The molecule has 0 aliphatic carbocycles. The Morgan fingerprint density at radius 1 is 1.30 bits per heavy atom. The standard InChI is InChI=1S/C15H18N4O3S/c1-9(20)17-11-4-3-10(22-2)7-12(11)19-15(21)13-8-23-14(18-13)5-6-16/h3-4,7-8H,5-6,16H2,1-2H3,(H,17,20)(H,19,21). The summed E-state index contributed by atoms with van der Waals surface area (Å²) in [5.74, 6) is -0.0227. The van der Waals surface area contributed by atoms with Crippen LogP contribution in [0.4, 0.5) is 11.4 Å². The van der Waals surface area contributed by atoms with E-state index < -0.39 is 0 Å². The maximum Gasteiger partial charge on any atom is 0.275 e. The number of amides is 2. The van der Waals surface area contributed by atoms with Gasteiger partial charge in [0.05, 0.1) is 23.5 Å². The molecule has 0 aliphatic rings. The van der Waals surface area contributed by atoms with Gasteiger partial charge in [-0.1, -0.05) is 0 Å². The normalized spacial score (nSPS) is 10.2. The zero-order valence-corrected chi connectivity index (χ0v) is 13.7. The maximum atomic E-state index is 12.3. The van der Waals surface area contributed by atoms with E-state index in [0.29, 0.717) is 35.8 Å². The lowest BCUT2D eigenvalue weighted by Crippen LogP contribution is -2.16. The van der Waals surface area contributed by atoms with Gasteiger partial charge in [-0.3, -0.25) is 9.59 Å². The SMILES string of the molecule is COc1ccc(NC(C)=O)c(NC(=O)c2csc(CCN)n2)c1. The Morgan fingerprint density at radius 2 is 2.09 bits per heavy atom. The minimum absolute atomic E-state index is 0.232. The molecule has 23 heavy (non-hydrogen) atoms. The summed E-state index contributed by atoms with van der Waals surface area (Å²) >= 11 is 1.39. The molecular weight excluding hydrogens is 316 g/mol. The fourth-order valence-corrected chi connectivity index (χ4v) is 2.69. The lowest BCUT2D eigenvalue weighted by atomic mass is 10.2. The van der Waals surface area contributed by atoms with Crippen LogP contribution in [0, 0.1) is 0 Å². The minimum Gasteiger partial charge on any atom is -0.497 e. The van der Waals surface area contributed by atoms with Crippen LogP contribution in [0.3, 0.4) is 0 Å². The molecule has 0 radical (unpaired) electrons. The van der Waals surface area contributed by atoms with Gasteiger partial charge in [-0.15, -0.1) is 11.3 Å². The highest BCUT2D eigenvalue weighted by Crippen LogP contribution is 2.27. The van der Waals surface area contributed by atoms with Crippen molar-refractivity contribution < 1.29 is 14.3 Å². The van der Waals surface area contributed by atoms with Gasteiger partial charge in [0.1, 0.15) is 11.4 Å². The van der Waals surface area contributed by atoms with Gasteiger partial charge in [-0.2, -0.15) is 0 Å². The minimum atomic E-state index is -0.357. The molecule has 2 aromatic rings. The molecule has 0 bridgehead atoms. The Hall–Kier alpha value is -2.45. The highest BCUT2D eigenvalue weighted by atomic mass is 32.1. The number of carbonyl (C=O) groups is 2. The predicted molar refractivity (Wildman–Crippen MR) is 90.1 cm³/mol. The molecule has 0 spiro atoms. The molecule has 0 saturated heterocycles. The molecule has 2 amide bonds. The molecule has 0 aliphatic heterocycles. The van der Waals surface area contributed by atoms with E-state index >= 15 is 0 Å². The highest BCUT2D eigenvalue weighted by molar-refractivity contribution is 7.09. The van der Waals surface area contributed by atoms with Crippen LogP contribution in [0.25, 0.3) is 0 Å². The molecule has 1 aromatic heterocycles. The first-order chi connectivity index (χ1) is 11.0. The van der Waals surface area contributed by atoms with Crippen molar-refractivity contribution >= 4 is 34.5 Å². The number of hydrogen-bond donors (Lipinski definition) is 3. The molecule has 0 fully saturated rings. The van der Waals surface area contributed by atoms with E-state index in [1.54, 1.807) is 23.6 Å². The van der Waals surface area contributed by atoms with E-state index in [4.69, 9.17) is 10.5 Å². The van der Waals surface area contributed by atoms with Crippen LogP contribution in [0.1, 0.15) is 22.4 Å². The second-order valence-electron chi connectivity index (χ2n) is 4.71. The number of methoxy groups -OCH3 is 1. The molecular formula is C15H18N4O3S.